The zero-order valence-electron chi connectivity index (χ0n) is 12.3. The molecule has 1 rings (SSSR count). The Kier molecular flexibility index (Phi) is 5.72. The number of amides is 2. The number of hydrogen-bond donors (Lipinski definition) is 0. The number of rotatable bonds is 4. The highest BCUT2D eigenvalue weighted by atomic mass is 16.2. The minimum atomic E-state index is -0.0504. The second kappa shape index (κ2) is 7.28. The van der Waals surface area contributed by atoms with Crippen molar-refractivity contribution < 1.29 is 9.59 Å². The monoisotopic (exact) mass is 272 g/mol. The van der Waals surface area contributed by atoms with Crippen LogP contribution in [0.5, 0.6) is 0 Å². The van der Waals surface area contributed by atoms with E-state index in [1.54, 1.807) is 40.3 Å². The van der Waals surface area contributed by atoms with Crippen LogP contribution in [0.3, 0.4) is 0 Å². The normalized spacial score (nSPS) is 11.0. The summed E-state index contributed by atoms with van der Waals surface area (Å²) in [7, 11) is 6.84. The Hall–Kier alpha value is -2.36. The van der Waals surface area contributed by atoms with E-state index >= 15 is 0 Å². The first-order chi connectivity index (χ1) is 9.40. The lowest BCUT2D eigenvalue weighted by molar-refractivity contribution is -0.124. The fraction of sp³-hybridized carbons (Fsp3) is 0.250. The second-order valence-corrected chi connectivity index (χ2v) is 4.80. The van der Waals surface area contributed by atoms with Crippen molar-refractivity contribution >= 4 is 24.0 Å². The fourth-order valence-electron chi connectivity index (χ4n) is 1.35. The molecule has 0 radical (unpaired) electrons. The molecule has 4 heteroatoms. The van der Waals surface area contributed by atoms with Crippen LogP contribution in [0.25, 0.3) is 12.2 Å². The molecule has 0 saturated heterocycles. The van der Waals surface area contributed by atoms with Crippen LogP contribution in [-0.4, -0.2) is 49.8 Å². The van der Waals surface area contributed by atoms with Gasteiger partial charge in [-0.15, -0.1) is 0 Å². The third-order valence-corrected chi connectivity index (χ3v) is 2.65. The molecule has 0 saturated carbocycles. The average Bonchev–Trinajstić information content (AvgIpc) is 2.42. The van der Waals surface area contributed by atoms with Crippen LogP contribution in [0.2, 0.25) is 0 Å². The van der Waals surface area contributed by atoms with E-state index in [4.69, 9.17) is 0 Å². The minimum absolute atomic E-state index is 0.0504. The minimum Gasteiger partial charge on any atom is -0.345 e. The van der Waals surface area contributed by atoms with Gasteiger partial charge in [0.05, 0.1) is 0 Å². The molecule has 1 aromatic carbocycles. The van der Waals surface area contributed by atoms with E-state index in [0.29, 0.717) is 0 Å². The Bertz CT molecular complexity index is 477. The van der Waals surface area contributed by atoms with E-state index in [2.05, 4.69) is 0 Å². The predicted molar refractivity (Wildman–Crippen MR) is 81.9 cm³/mol. The highest BCUT2D eigenvalue weighted by molar-refractivity contribution is 5.92. The lowest BCUT2D eigenvalue weighted by Gasteiger charge is -2.05. The van der Waals surface area contributed by atoms with Gasteiger partial charge < -0.3 is 9.80 Å². The third kappa shape index (κ3) is 5.10. The fourth-order valence-corrected chi connectivity index (χ4v) is 1.35. The summed E-state index contributed by atoms with van der Waals surface area (Å²) in [6.07, 6.45) is 6.59. The van der Waals surface area contributed by atoms with Gasteiger partial charge in [-0.25, -0.2) is 0 Å². The maximum Gasteiger partial charge on any atom is 0.246 e. The number of benzene rings is 1. The van der Waals surface area contributed by atoms with Gasteiger partial charge in [0.1, 0.15) is 0 Å². The van der Waals surface area contributed by atoms with E-state index in [-0.39, 0.29) is 11.8 Å². The topological polar surface area (TPSA) is 40.6 Å². The first-order valence-corrected chi connectivity index (χ1v) is 6.29. The summed E-state index contributed by atoms with van der Waals surface area (Å²) in [5.74, 6) is -0.101. The molecule has 0 heterocycles. The molecule has 0 aliphatic heterocycles. The SMILES string of the molecule is CN(C)C(=O)/C=C/c1ccc(/C=C/C(=O)N(C)C)cc1. The van der Waals surface area contributed by atoms with Gasteiger partial charge in [-0.3, -0.25) is 9.59 Å². The molecule has 0 aliphatic carbocycles. The Morgan fingerprint density at radius 2 is 1.05 bits per heavy atom. The zero-order valence-corrected chi connectivity index (χ0v) is 12.3. The molecule has 0 bridgehead atoms. The number of likely N-dealkylation sites (N-methyl/N-ethyl adjacent to an activating group) is 2. The highest BCUT2D eigenvalue weighted by Crippen LogP contribution is 2.08. The molecule has 20 heavy (non-hydrogen) atoms. The largest absolute Gasteiger partial charge is 0.345 e. The van der Waals surface area contributed by atoms with E-state index < -0.39 is 0 Å². The molecular weight excluding hydrogens is 252 g/mol. The second-order valence-electron chi connectivity index (χ2n) is 4.80. The molecule has 0 aliphatic rings. The highest BCUT2D eigenvalue weighted by Gasteiger charge is 1.98. The first kappa shape index (κ1) is 15.7. The Morgan fingerprint density at radius 1 is 0.750 bits per heavy atom. The molecule has 2 amide bonds. The van der Waals surface area contributed by atoms with E-state index in [0.717, 1.165) is 11.1 Å². The van der Waals surface area contributed by atoms with Gasteiger partial charge in [-0.1, -0.05) is 24.3 Å². The van der Waals surface area contributed by atoms with Crippen molar-refractivity contribution in [2.75, 3.05) is 28.2 Å². The molecule has 0 unspecified atom stereocenters. The molecule has 4 nitrogen and oxygen atoms in total. The summed E-state index contributed by atoms with van der Waals surface area (Å²) >= 11 is 0. The van der Waals surface area contributed by atoms with Crippen molar-refractivity contribution in [1.82, 2.24) is 9.80 Å². The van der Waals surface area contributed by atoms with Crippen LogP contribution >= 0.6 is 0 Å². The lowest BCUT2D eigenvalue weighted by Crippen LogP contribution is -2.18. The summed E-state index contributed by atoms with van der Waals surface area (Å²) in [6, 6.07) is 7.61. The van der Waals surface area contributed by atoms with Crippen LogP contribution in [0.15, 0.2) is 36.4 Å². The van der Waals surface area contributed by atoms with E-state index in [1.165, 1.54) is 22.0 Å². The standard InChI is InChI=1S/C16H20N2O2/c1-17(2)15(19)11-9-13-5-7-14(8-6-13)10-12-16(20)18(3)4/h5-12H,1-4H3/b11-9+,12-10+. The quantitative estimate of drug-likeness (QED) is 0.785. The van der Waals surface area contributed by atoms with E-state index in [9.17, 15) is 9.59 Å². The Balaban J connectivity index is 2.70. The maximum atomic E-state index is 11.4. The molecular formula is C16H20N2O2. The number of carbonyl (C=O) groups is 2. The summed E-state index contributed by atoms with van der Waals surface area (Å²) < 4.78 is 0. The van der Waals surface area contributed by atoms with Crippen molar-refractivity contribution in [3.8, 4) is 0 Å². The van der Waals surface area contributed by atoms with Crippen LogP contribution < -0.4 is 0 Å². The zero-order chi connectivity index (χ0) is 15.1. The summed E-state index contributed by atoms with van der Waals surface area (Å²) in [4.78, 5) is 25.8. The van der Waals surface area contributed by atoms with Crippen LogP contribution in [0, 0.1) is 0 Å². The number of hydrogen-bond acceptors (Lipinski definition) is 2. The van der Waals surface area contributed by atoms with Crippen molar-refractivity contribution in [1.29, 1.82) is 0 Å². The van der Waals surface area contributed by atoms with Crippen LogP contribution in [0.4, 0.5) is 0 Å². The molecule has 1 aromatic rings. The van der Waals surface area contributed by atoms with Gasteiger partial charge in [0.25, 0.3) is 0 Å². The molecule has 0 fully saturated rings. The van der Waals surface area contributed by atoms with E-state index in [1.807, 2.05) is 24.3 Å². The van der Waals surface area contributed by atoms with Gasteiger partial charge in [-0.05, 0) is 23.3 Å². The summed E-state index contributed by atoms with van der Waals surface area (Å²) in [5, 5.41) is 0. The molecule has 0 spiro atoms. The summed E-state index contributed by atoms with van der Waals surface area (Å²) in [5.41, 5.74) is 1.88. The first-order valence-electron chi connectivity index (χ1n) is 6.29. The van der Waals surface area contributed by atoms with Crippen molar-refractivity contribution in [2.45, 2.75) is 0 Å². The maximum absolute atomic E-state index is 11.4. The average molecular weight is 272 g/mol. The molecule has 0 N–H and O–H groups in total. The molecule has 106 valence electrons. The van der Waals surface area contributed by atoms with Gasteiger partial charge in [0.15, 0.2) is 0 Å². The smallest absolute Gasteiger partial charge is 0.246 e. The van der Waals surface area contributed by atoms with Crippen molar-refractivity contribution in [3.63, 3.8) is 0 Å². The Morgan fingerprint density at radius 3 is 1.30 bits per heavy atom. The van der Waals surface area contributed by atoms with Crippen LogP contribution in [0.1, 0.15) is 11.1 Å². The summed E-state index contributed by atoms with van der Waals surface area (Å²) in [6.45, 7) is 0. The number of nitrogens with zero attached hydrogens (tertiary/aromatic N) is 2. The van der Waals surface area contributed by atoms with Crippen LogP contribution in [-0.2, 0) is 9.59 Å². The molecule has 0 atom stereocenters. The lowest BCUT2D eigenvalue weighted by atomic mass is 10.1. The van der Waals surface area contributed by atoms with Gasteiger partial charge in [-0.2, -0.15) is 0 Å². The van der Waals surface area contributed by atoms with Crippen molar-refractivity contribution in [3.05, 3.63) is 47.5 Å². The predicted octanol–water partition coefficient (Wildman–Crippen LogP) is 1.89. The molecule has 0 aromatic heterocycles. The van der Waals surface area contributed by atoms with Gasteiger partial charge in [0.2, 0.25) is 11.8 Å². The third-order valence-electron chi connectivity index (χ3n) is 2.65. The number of carbonyl (C=O) groups excluding carboxylic acids is 2. The van der Waals surface area contributed by atoms with Gasteiger partial charge >= 0.3 is 0 Å². The van der Waals surface area contributed by atoms with Gasteiger partial charge in [0, 0.05) is 40.3 Å². The Labute approximate surface area is 120 Å². The van der Waals surface area contributed by atoms with Crippen molar-refractivity contribution in [2.24, 2.45) is 0 Å².